The molecule has 2 aromatic heterocycles. The van der Waals surface area contributed by atoms with Gasteiger partial charge in [0.05, 0.1) is 17.1 Å². The highest BCUT2D eigenvalue weighted by atomic mass is 35.5. The predicted octanol–water partition coefficient (Wildman–Crippen LogP) is 3.78. The van der Waals surface area contributed by atoms with E-state index in [4.69, 9.17) is 11.6 Å². The molecule has 0 N–H and O–H groups in total. The highest BCUT2D eigenvalue weighted by molar-refractivity contribution is 6.20. The molecule has 2 aromatic rings. The number of hydrogen-bond acceptors (Lipinski definition) is 2. The Bertz CT molecular complexity index is 557. The van der Waals surface area contributed by atoms with Crippen LogP contribution < -0.4 is 0 Å². The fourth-order valence-electron chi connectivity index (χ4n) is 2.60. The number of aromatic nitrogens is 3. The van der Waals surface area contributed by atoms with E-state index in [1.807, 2.05) is 25.4 Å². The van der Waals surface area contributed by atoms with Gasteiger partial charge in [0.1, 0.15) is 11.3 Å². The molecule has 1 aliphatic carbocycles. The summed E-state index contributed by atoms with van der Waals surface area (Å²) in [4.78, 5) is 8.75. The number of nitrogens with zero attached hydrogens (tertiary/aromatic N) is 3. The Morgan fingerprint density at radius 2 is 2.22 bits per heavy atom. The minimum absolute atomic E-state index is 0.0659. The molecule has 96 valence electrons. The van der Waals surface area contributed by atoms with Crippen molar-refractivity contribution in [3.63, 3.8) is 0 Å². The summed E-state index contributed by atoms with van der Waals surface area (Å²) >= 11 is 6.25. The summed E-state index contributed by atoms with van der Waals surface area (Å²) in [7, 11) is 0. The summed E-state index contributed by atoms with van der Waals surface area (Å²) < 4.78 is 2.28. The lowest BCUT2D eigenvalue weighted by molar-refractivity contribution is 0.428. The van der Waals surface area contributed by atoms with Crippen LogP contribution in [-0.2, 0) is 6.54 Å². The van der Waals surface area contributed by atoms with E-state index in [-0.39, 0.29) is 5.38 Å². The number of imidazole rings is 1. The van der Waals surface area contributed by atoms with E-state index in [0.717, 1.165) is 29.3 Å². The quantitative estimate of drug-likeness (QED) is 0.786. The SMILES string of the molecule is CC(Cl)c1nc2cnccc2n1CC(C)C1CC1. The normalized spacial score (nSPS) is 19.1. The van der Waals surface area contributed by atoms with Crippen LogP contribution in [0.1, 0.15) is 37.9 Å². The third-order valence-electron chi connectivity index (χ3n) is 3.83. The third-order valence-corrected chi connectivity index (χ3v) is 4.03. The molecule has 2 unspecified atom stereocenters. The van der Waals surface area contributed by atoms with Crippen LogP contribution in [0.15, 0.2) is 18.5 Å². The number of halogens is 1. The summed E-state index contributed by atoms with van der Waals surface area (Å²) in [6.07, 6.45) is 6.39. The molecule has 0 amide bonds. The Labute approximate surface area is 112 Å². The number of alkyl halides is 1. The summed E-state index contributed by atoms with van der Waals surface area (Å²) in [5, 5.41) is -0.0659. The van der Waals surface area contributed by atoms with Gasteiger partial charge < -0.3 is 4.57 Å². The highest BCUT2D eigenvalue weighted by Crippen LogP contribution is 2.38. The molecular formula is C14H18ClN3. The monoisotopic (exact) mass is 263 g/mol. The maximum atomic E-state index is 6.25. The van der Waals surface area contributed by atoms with Gasteiger partial charge in [-0.1, -0.05) is 6.92 Å². The second kappa shape index (κ2) is 4.54. The zero-order valence-electron chi connectivity index (χ0n) is 10.8. The second-order valence-electron chi connectivity index (χ2n) is 5.38. The van der Waals surface area contributed by atoms with Gasteiger partial charge in [0.25, 0.3) is 0 Å². The van der Waals surface area contributed by atoms with Crippen LogP contribution in [0.2, 0.25) is 0 Å². The van der Waals surface area contributed by atoms with Crippen molar-refractivity contribution in [2.24, 2.45) is 11.8 Å². The molecule has 0 aliphatic heterocycles. The molecule has 4 heteroatoms. The standard InChI is InChI=1S/C14H18ClN3/c1-9(11-3-4-11)8-18-13-5-6-16-7-12(13)17-14(18)10(2)15/h5-7,9-11H,3-4,8H2,1-2H3. The number of fused-ring (bicyclic) bond motifs is 1. The minimum Gasteiger partial charge on any atom is -0.326 e. The van der Waals surface area contributed by atoms with E-state index in [1.165, 1.54) is 12.8 Å². The van der Waals surface area contributed by atoms with E-state index in [1.54, 1.807) is 0 Å². The van der Waals surface area contributed by atoms with Gasteiger partial charge in [-0.2, -0.15) is 0 Å². The number of hydrogen-bond donors (Lipinski definition) is 0. The molecule has 2 heterocycles. The first-order chi connectivity index (χ1) is 8.66. The van der Waals surface area contributed by atoms with Crippen LogP contribution in [0.4, 0.5) is 0 Å². The van der Waals surface area contributed by atoms with Crippen LogP contribution in [0, 0.1) is 11.8 Å². The van der Waals surface area contributed by atoms with E-state index in [2.05, 4.69) is 21.5 Å². The first-order valence-electron chi connectivity index (χ1n) is 6.61. The van der Waals surface area contributed by atoms with Crippen molar-refractivity contribution in [3.8, 4) is 0 Å². The van der Waals surface area contributed by atoms with Crippen molar-refractivity contribution >= 4 is 22.6 Å². The van der Waals surface area contributed by atoms with Gasteiger partial charge in [0.15, 0.2) is 0 Å². The van der Waals surface area contributed by atoms with Crippen molar-refractivity contribution in [2.45, 2.75) is 38.6 Å². The van der Waals surface area contributed by atoms with Gasteiger partial charge in [-0.15, -0.1) is 11.6 Å². The molecule has 2 atom stereocenters. The van der Waals surface area contributed by atoms with E-state index in [9.17, 15) is 0 Å². The molecule has 3 rings (SSSR count). The summed E-state index contributed by atoms with van der Waals surface area (Å²) in [5.41, 5.74) is 2.10. The van der Waals surface area contributed by atoms with E-state index < -0.39 is 0 Å². The Morgan fingerprint density at radius 3 is 2.89 bits per heavy atom. The highest BCUT2D eigenvalue weighted by Gasteiger charge is 2.29. The lowest BCUT2D eigenvalue weighted by Gasteiger charge is -2.15. The molecule has 1 aliphatic rings. The molecule has 0 spiro atoms. The smallest absolute Gasteiger partial charge is 0.127 e. The van der Waals surface area contributed by atoms with Gasteiger partial charge in [0.2, 0.25) is 0 Å². The van der Waals surface area contributed by atoms with Crippen molar-refractivity contribution in [2.75, 3.05) is 0 Å². The average molecular weight is 264 g/mol. The van der Waals surface area contributed by atoms with Crippen LogP contribution >= 0.6 is 11.6 Å². The first kappa shape index (κ1) is 12.0. The summed E-state index contributed by atoms with van der Waals surface area (Å²) in [5.74, 6) is 2.56. The fourth-order valence-corrected chi connectivity index (χ4v) is 2.76. The molecule has 0 saturated heterocycles. The van der Waals surface area contributed by atoms with Crippen LogP contribution in [0.5, 0.6) is 0 Å². The molecule has 1 saturated carbocycles. The minimum atomic E-state index is -0.0659. The second-order valence-corrected chi connectivity index (χ2v) is 6.03. The molecule has 0 bridgehead atoms. The molecule has 18 heavy (non-hydrogen) atoms. The largest absolute Gasteiger partial charge is 0.326 e. The zero-order chi connectivity index (χ0) is 12.7. The van der Waals surface area contributed by atoms with Crippen LogP contribution in [-0.4, -0.2) is 14.5 Å². The number of pyridine rings is 1. The van der Waals surface area contributed by atoms with Crippen molar-refractivity contribution in [1.29, 1.82) is 0 Å². The van der Waals surface area contributed by atoms with Gasteiger partial charge in [0, 0.05) is 12.7 Å². The van der Waals surface area contributed by atoms with Gasteiger partial charge in [-0.25, -0.2) is 4.98 Å². The fraction of sp³-hybridized carbons (Fsp3) is 0.571. The lowest BCUT2D eigenvalue weighted by Crippen LogP contribution is -2.12. The van der Waals surface area contributed by atoms with Crippen molar-refractivity contribution < 1.29 is 0 Å². The Hall–Kier alpha value is -1.09. The number of rotatable bonds is 4. The molecule has 3 nitrogen and oxygen atoms in total. The maximum absolute atomic E-state index is 6.25. The Kier molecular flexibility index (Phi) is 3.02. The Morgan fingerprint density at radius 1 is 1.44 bits per heavy atom. The third kappa shape index (κ3) is 2.12. The summed E-state index contributed by atoms with van der Waals surface area (Å²) in [6.45, 7) is 5.32. The van der Waals surface area contributed by atoms with Gasteiger partial charge >= 0.3 is 0 Å². The van der Waals surface area contributed by atoms with Gasteiger partial charge in [-0.3, -0.25) is 4.98 Å². The van der Waals surface area contributed by atoms with E-state index in [0.29, 0.717) is 5.92 Å². The van der Waals surface area contributed by atoms with Crippen LogP contribution in [0.25, 0.3) is 11.0 Å². The first-order valence-corrected chi connectivity index (χ1v) is 7.04. The maximum Gasteiger partial charge on any atom is 0.127 e. The molecular weight excluding hydrogens is 246 g/mol. The van der Waals surface area contributed by atoms with Crippen LogP contribution in [0.3, 0.4) is 0 Å². The molecule has 1 fully saturated rings. The summed E-state index contributed by atoms with van der Waals surface area (Å²) in [6, 6.07) is 2.03. The molecule has 0 radical (unpaired) electrons. The zero-order valence-corrected chi connectivity index (χ0v) is 11.6. The van der Waals surface area contributed by atoms with E-state index >= 15 is 0 Å². The van der Waals surface area contributed by atoms with Gasteiger partial charge in [-0.05, 0) is 37.7 Å². The Balaban J connectivity index is 2.02. The molecule has 0 aromatic carbocycles. The average Bonchev–Trinajstić information content (AvgIpc) is 3.13. The van der Waals surface area contributed by atoms with Crippen molar-refractivity contribution in [1.82, 2.24) is 14.5 Å². The van der Waals surface area contributed by atoms with Crippen molar-refractivity contribution in [3.05, 3.63) is 24.3 Å². The topological polar surface area (TPSA) is 30.7 Å². The lowest BCUT2D eigenvalue weighted by atomic mass is 10.1. The predicted molar refractivity (Wildman–Crippen MR) is 73.7 cm³/mol.